The van der Waals surface area contributed by atoms with Gasteiger partial charge in [-0.3, -0.25) is 4.79 Å². The highest BCUT2D eigenvalue weighted by Crippen LogP contribution is 2.21. The molecule has 1 amide bonds. The number of hydrogen-bond donors (Lipinski definition) is 1. The van der Waals surface area contributed by atoms with Crippen LogP contribution in [0.1, 0.15) is 23.3 Å². The summed E-state index contributed by atoms with van der Waals surface area (Å²) in [6.07, 6.45) is 3.25. The zero-order valence-corrected chi connectivity index (χ0v) is 14.1. The summed E-state index contributed by atoms with van der Waals surface area (Å²) in [7, 11) is 1.69. The van der Waals surface area contributed by atoms with E-state index in [1.165, 1.54) is 6.20 Å². The monoisotopic (exact) mass is 355 g/mol. The predicted octanol–water partition coefficient (Wildman–Crippen LogP) is 2.16. The molecule has 0 aromatic carbocycles. The maximum Gasteiger partial charge on any atom is 0.272 e. The Kier molecular flexibility index (Phi) is 9.17. The molecule has 1 aliphatic heterocycles. The number of piperidine rings is 1. The molecule has 0 aliphatic carbocycles. The summed E-state index contributed by atoms with van der Waals surface area (Å²) in [5, 5.41) is 0.519. The maximum atomic E-state index is 12.4. The van der Waals surface area contributed by atoms with Crippen LogP contribution in [0.2, 0.25) is 5.02 Å². The van der Waals surface area contributed by atoms with Crippen LogP contribution in [0.3, 0.4) is 0 Å². The minimum absolute atomic E-state index is 0. The summed E-state index contributed by atoms with van der Waals surface area (Å²) in [6, 6.07) is 3.31. The largest absolute Gasteiger partial charge is 0.381 e. The summed E-state index contributed by atoms with van der Waals surface area (Å²) >= 11 is 5.77. The normalized spacial score (nSPS) is 21.2. The van der Waals surface area contributed by atoms with E-state index in [4.69, 9.17) is 22.1 Å². The average molecular weight is 357 g/mol. The van der Waals surface area contributed by atoms with Crippen molar-refractivity contribution in [1.82, 2.24) is 9.88 Å². The number of likely N-dealkylation sites (tertiary alicyclic amines) is 1. The first-order chi connectivity index (χ1) is 9.15. The van der Waals surface area contributed by atoms with Crippen LogP contribution in [0.4, 0.5) is 0 Å². The molecule has 21 heavy (non-hydrogen) atoms. The van der Waals surface area contributed by atoms with Crippen molar-refractivity contribution in [2.75, 3.05) is 20.2 Å². The van der Waals surface area contributed by atoms with Crippen LogP contribution in [-0.4, -0.2) is 48.1 Å². The number of methoxy groups -OCH3 is 1. The molecule has 1 aromatic heterocycles. The molecule has 8 heteroatoms. The van der Waals surface area contributed by atoms with Crippen LogP contribution in [0.25, 0.3) is 0 Å². The Bertz CT molecular complexity index is 445. The smallest absolute Gasteiger partial charge is 0.272 e. The van der Waals surface area contributed by atoms with E-state index in [1.807, 2.05) is 0 Å². The van der Waals surface area contributed by atoms with Gasteiger partial charge in [-0.15, -0.1) is 24.8 Å². The lowest BCUT2D eigenvalue weighted by molar-refractivity contribution is 0.0136. The molecule has 120 valence electrons. The van der Waals surface area contributed by atoms with E-state index in [-0.39, 0.29) is 42.9 Å². The van der Waals surface area contributed by atoms with Gasteiger partial charge < -0.3 is 15.4 Å². The minimum atomic E-state index is -0.0957. The van der Waals surface area contributed by atoms with Gasteiger partial charge in [0.2, 0.25) is 0 Å². The number of rotatable bonds is 3. The van der Waals surface area contributed by atoms with E-state index in [0.717, 1.165) is 12.8 Å². The number of carbonyl (C=O) groups excluding carboxylic acids is 1. The highest BCUT2D eigenvalue weighted by Gasteiger charge is 2.31. The Morgan fingerprint density at radius 3 is 2.76 bits per heavy atom. The van der Waals surface area contributed by atoms with Crippen molar-refractivity contribution in [2.45, 2.75) is 25.0 Å². The quantitative estimate of drug-likeness (QED) is 0.901. The molecular weight excluding hydrogens is 337 g/mol. The molecule has 5 nitrogen and oxygen atoms in total. The summed E-state index contributed by atoms with van der Waals surface area (Å²) in [6.45, 7) is 1.07. The molecule has 1 aromatic rings. The Labute approximate surface area is 142 Å². The van der Waals surface area contributed by atoms with Crippen LogP contribution in [-0.2, 0) is 4.74 Å². The van der Waals surface area contributed by atoms with Gasteiger partial charge in [-0.05, 0) is 25.0 Å². The fourth-order valence-corrected chi connectivity index (χ4v) is 2.48. The minimum Gasteiger partial charge on any atom is -0.381 e. The van der Waals surface area contributed by atoms with Crippen molar-refractivity contribution in [3.05, 3.63) is 29.0 Å². The first-order valence-corrected chi connectivity index (χ1v) is 6.69. The molecule has 1 fully saturated rings. The number of halogens is 3. The highest BCUT2D eigenvalue weighted by molar-refractivity contribution is 6.30. The molecule has 2 N–H and O–H groups in total. The highest BCUT2D eigenvalue weighted by atomic mass is 35.5. The van der Waals surface area contributed by atoms with E-state index in [1.54, 1.807) is 24.1 Å². The van der Waals surface area contributed by atoms with Crippen molar-refractivity contribution in [1.29, 1.82) is 0 Å². The van der Waals surface area contributed by atoms with Gasteiger partial charge in [0.15, 0.2) is 0 Å². The summed E-state index contributed by atoms with van der Waals surface area (Å²) < 4.78 is 5.35. The lowest BCUT2D eigenvalue weighted by atomic mass is 9.99. The van der Waals surface area contributed by atoms with Crippen LogP contribution in [0.15, 0.2) is 18.3 Å². The second-order valence-corrected chi connectivity index (χ2v) is 5.07. The molecule has 0 spiro atoms. The third kappa shape index (κ3) is 4.97. The summed E-state index contributed by atoms with van der Waals surface area (Å²) in [4.78, 5) is 18.2. The fraction of sp³-hybridized carbons (Fsp3) is 0.538. The number of ether oxygens (including phenoxy) is 1. The molecule has 0 saturated carbocycles. The van der Waals surface area contributed by atoms with Crippen molar-refractivity contribution < 1.29 is 9.53 Å². The van der Waals surface area contributed by atoms with E-state index >= 15 is 0 Å². The molecular formula is C13H20Cl3N3O2. The van der Waals surface area contributed by atoms with Crippen LogP contribution in [0.5, 0.6) is 0 Å². The number of amides is 1. The number of nitrogens with zero attached hydrogens (tertiary/aromatic N) is 2. The topological polar surface area (TPSA) is 68.5 Å². The van der Waals surface area contributed by atoms with Crippen molar-refractivity contribution in [3.8, 4) is 0 Å². The van der Waals surface area contributed by atoms with Crippen molar-refractivity contribution >= 4 is 42.3 Å². The molecule has 2 heterocycles. The molecule has 2 atom stereocenters. The lowest BCUT2D eigenvalue weighted by Crippen LogP contribution is -2.51. The first kappa shape index (κ1) is 20.4. The number of carbonyl (C=O) groups is 1. The predicted molar refractivity (Wildman–Crippen MR) is 87.7 cm³/mol. The van der Waals surface area contributed by atoms with E-state index in [0.29, 0.717) is 23.8 Å². The molecule has 0 radical (unpaired) electrons. The standard InChI is InChI=1S/C13H18ClN3O2.2ClH/c1-19-11-4-5-17(10(6-11)7-15)13(18)12-3-2-9(14)8-16-12;;/h2-3,8,10-11H,4-7,15H2,1H3;2*1H. The lowest BCUT2D eigenvalue weighted by Gasteiger charge is -2.38. The molecule has 1 aliphatic rings. The van der Waals surface area contributed by atoms with Gasteiger partial charge in [-0.1, -0.05) is 11.6 Å². The number of nitrogens with two attached hydrogens (primary N) is 1. The number of pyridine rings is 1. The number of hydrogen-bond acceptors (Lipinski definition) is 4. The molecule has 0 bridgehead atoms. The zero-order valence-electron chi connectivity index (χ0n) is 11.7. The average Bonchev–Trinajstić information content (AvgIpc) is 2.46. The Morgan fingerprint density at radius 2 is 2.24 bits per heavy atom. The van der Waals surface area contributed by atoms with Crippen LogP contribution >= 0.6 is 36.4 Å². The van der Waals surface area contributed by atoms with Crippen molar-refractivity contribution in [3.63, 3.8) is 0 Å². The van der Waals surface area contributed by atoms with Crippen molar-refractivity contribution in [2.24, 2.45) is 5.73 Å². The van der Waals surface area contributed by atoms with Crippen LogP contribution in [0, 0.1) is 0 Å². The second-order valence-electron chi connectivity index (χ2n) is 4.63. The Hall–Kier alpha value is -0.590. The van der Waals surface area contributed by atoms with E-state index in [2.05, 4.69) is 4.98 Å². The summed E-state index contributed by atoms with van der Waals surface area (Å²) in [5.41, 5.74) is 6.16. The Balaban J connectivity index is 0.00000200. The van der Waals surface area contributed by atoms with Gasteiger partial charge in [0.25, 0.3) is 5.91 Å². The van der Waals surface area contributed by atoms with E-state index in [9.17, 15) is 4.79 Å². The van der Waals surface area contributed by atoms with Gasteiger partial charge in [-0.25, -0.2) is 4.98 Å². The SMILES string of the molecule is COC1CCN(C(=O)c2ccc(Cl)cn2)C(CN)C1.Cl.Cl. The third-order valence-corrected chi connectivity index (χ3v) is 3.70. The van der Waals surface area contributed by atoms with Gasteiger partial charge in [0, 0.05) is 32.4 Å². The van der Waals surface area contributed by atoms with Crippen LogP contribution < -0.4 is 5.73 Å². The molecule has 2 rings (SSSR count). The third-order valence-electron chi connectivity index (χ3n) is 3.48. The second kappa shape index (κ2) is 9.43. The van der Waals surface area contributed by atoms with Gasteiger partial charge in [0.05, 0.1) is 11.1 Å². The zero-order chi connectivity index (χ0) is 13.8. The summed E-state index contributed by atoms with van der Waals surface area (Å²) in [5.74, 6) is -0.0957. The van der Waals surface area contributed by atoms with Gasteiger partial charge >= 0.3 is 0 Å². The first-order valence-electron chi connectivity index (χ1n) is 6.31. The van der Waals surface area contributed by atoms with Gasteiger partial charge in [-0.2, -0.15) is 0 Å². The molecule has 2 unspecified atom stereocenters. The Morgan fingerprint density at radius 1 is 1.52 bits per heavy atom. The van der Waals surface area contributed by atoms with E-state index < -0.39 is 0 Å². The maximum absolute atomic E-state index is 12.4. The van der Waals surface area contributed by atoms with Gasteiger partial charge in [0.1, 0.15) is 5.69 Å². The fourth-order valence-electron chi connectivity index (χ4n) is 2.37. The molecule has 1 saturated heterocycles. The number of aromatic nitrogens is 1.